The summed E-state index contributed by atoms with van der Waals surface area (Å²) in [5.74, 6) is -0.403. The molecule has 1 aliphatic heterocycles. The minimum Gasteiger partial charge on any atom is -0.501 e. The van der Waals surface area contributed by atoms with Gasteiger partial charge in [-0.3, -0.25) is 9.59 Å². The van der Waals surface area contributed by atoms with Gasteiger partial charge >= 0.3 is 5.56 Å². The van der Waals surface area contributed by atoms with E-state index in [-0.39, 0.29) is 17.0 Å². The van der Waals surface area contributed by atoms with E-state index in [1.807, 2.05) is 54.6 Å². The molecule has 32 heavy (non-hydrogen) atoms. The lowest BCUT2D eigenvalue weighted by atomic mass is 9.76. The van der Waals surface area contributed by atoms with Gasteiger partial charge in [0, 0.05) is 35.6 Å². The van der Waals surface area contributed by atoms with E-state index in [1.54, 1.807) is 9.47 Å². The molecule has 0 spiro atoms. The number of para-hydroxylation sites is 1. The summed E-state index contributed by atoms with van der Waals surface area (Å²) in [6.07, 6.45) is 4.68. The van der Waals surface area contributed by atoms with E-state index in [0.717, 1.165) is 31.4 Å². The fourth-order valence-corrected chi connectivity index (χ4v) is 5.32. The predicted molar refractivity (Wildman–Crippen MR) is 124 cm³/mol. The van der Waals surface area contributed by atoms with Crippen LogP contribution < -0.4 is 10.5 Å². The number of anilines is 1. The Morgan fingerprint density at radius 1 is 0.969 bits per heavy atom. The second-order valence-electron chi connectivity index (χ2n) is 8.65. The van der Waals surface area contributed by atoms with E-state index in [0.29, 0.717) is 30.4 Å². The van der Waals surface area contributed by atoms with Gasteiger partial charge in [-0.05, 0) is 42.7 Å². The number of aromatic hydroxyl groups is 1. The second-order valence-corrected chi connectivity index (χ2v) is 9.08. The third kappa shape index (κ3) is 3.48. The van der Waals surface area contributed by atoms with Crippen molar-refractivity contribution in [2.75, 3.05) is 11.4 Å². The van der Waals surface area contributed by atoms with Gasteiger partial charge in [-0.1, -0.05) is 54.8 Å². The van der Waals surface area contributed by atoms with E-state index in [9.17, 15) is 14.7 Å². The average Bonchev–Trinajstić information content (AvgIpc) is 3.28. The number of amides is 1. The topological polar surface area (TPSA) is 75.4 Å². The Kier molecular flexibility index (Phi) is 5.25. The quantitative estimate of drug-likeness (QED) is 0.643. The van der Waals surface area contributed by atoms with Gasteiger partial charge in [0.05, 0.1) is 0 Å². The Hall–Kier alpha value is -3.12. The number of hydrogen-bond acceptors (Lipinski definition) is 4. The number of nitrogens with zero attached hydrogens (tertiary/aromatic N) is 3. The number of halogens is 1. The van der Waals surface area contributed by atoms with Gasteiger partial charge in [0.2, 0.25) is 5.75 Å². The van der Waals surface area contributed by atoms with E-state index >= 15 is 0 Å². The fourth-order valence-electron chi connectivity index (χ4n) is 5.19. The molecule has 6 nitrogen and oxygen atoms in total. The molecule has 0 radical (unpaired) electrons. The molecule has 1 aliphatic carbocycles. The molecule has 1 fully saturated rings. The van der Waals surface area contributed by atoms with E-state index in [1.165, 1.54) is 5.56 Å². The third-order valence-electron chi connectivity index (χ3n) is 6.82. The number of carbonyl (C=O) groups is 1. The first kappa shape index (κ1) is 20.8. The lowest BCUT2D eigenvalue weighted by Gasteiger charge is -2.34. The molecule has 2 aliphatic rings. The van der Waals surface area contributed by atoms with Crippen LogP contribution in [-0.2, 0) is 18.4 Å². The normalized spacial score (nSPS) is 17.4. The lowest BCUT2D eigenvalue weighted by molar-refractivity contribution is 0.0957. The molecule has 0 atom stereocenters. The van der Waals surface area contributed by atoms with Crippen LogP contribution in [0.4, 0.5) is 5.69 Å². The van der Waals surface area contributed by atoms with Gasteiger partial charge in [-0.25, -0.2) is 0 Å². The number of hydrogen-bond donors (Lipinski definition) is 1. The lowest BCUT2D eigenvalue weighted by Crippen LogP contribution is -2.44. The Morgan fingerprint density at radius 3 is 2.34 bits per heavy atom. The smallest absolute Gasteiger partial charge is 0.315 e. The minimum atomic E-state index is -0.751. The molecule has 1 N–H and O–H groups in total. The summed E-state index contributed by atoms with van der Waals surface area (Å²) in [6.45, 7) is 0.906. The molecule has 0 bridgehead atoms. The predicted octanol–water partition coefficient (Wildman–Crippen LogP) is 4.32. The van der Waals surface area contributed by atoms with Crippen LogP contribution in [0.25, 0.3) is 0 Å². The Balaban J connectivity index is 1.57. The zero-order valence-electron chi connectivity index (χ0n) is 17.6. The maximum absolute atomic E-state index is 13.3. The molecule has 1 aromatic heterocycles. The van der Waals surface area contributed by atoms with Crippen LogP contribution in [0.2, 0.25) is 5.02 Å². The van der Waals surface area contributed by atoms with Crippen LogP contribution >= 0.6 is 11.6 Å². The maximum atomic E-state index is 13.3. The molecule has 3 aromatic rings. The number of benzene rings is 2. The number of fused-ring (bicyclic) bond motifs is 1. The van der Waals surface area contributed by atoms with Crippen molar-refractivity contribution in [1.29, 1.82) is 0 Å². The highest BCUT2D eigenvalue weighted by molar-refractivity contribution is 6.30. The molecule has 0 saturated heterocycles. The molecular weight excluding hydrogens is 426 g/mol. The SMILES string of the molecule is O=C1c2c(O)c(=O)nc(CC3(c4ccc(Cl)cc4)CCCC3)n2CCN1c1ccccc1. The van der Waals surface area contributed by atoms with Gasteiger partial charge in [0.1, 0.15) is 5.82 Å². The third-order valence-corrected chi connectivity index (χ3v) is 7.07. The van der Waals surface area contributed by atoms with Gasteiger partial charge in [0.15, 0.2) is 5.69 Å². The molecule has 2 aromatic carbocycles. The molecule has 1 saturated carbocycles. The number of carbonyl (C=O) groups excluding carboxylic acids is 1. The molecule has 0 unspecified atom stereocenters. The Bertz CT molecular complexity index is 1220. The van der Waals surface area contributed by atoms with Crippen molar-refractivity contribution in [3.05, 3.63) is 87.1 Å². The van der Waals surface area contributed by atoms with Crippen molar-refractivity contribution in [3.63, 3.8) is 0 Å². The van der Waals surface area contributed by atoms with Gasteiger partial charge in [-0.2, -0.15) is 4.98 Å². The Labute approximate surface area is 191 Å². The first-order valence-electron chi connectivity index (χ1n) is 10.9. The first-order valence-corrected chi connectivity index (χ1v) is 11.3. The summed E-state index contributed by atoms with van der Waals surface area (Å²) in [5.41, 5.74) is 1.02. The molecular formula is C25H24ClN3O3. The van der Waals surface area contributed by atoms with Crippen LogP contribution in [-0.4, -0.2) is 27.1 Å². The minimum absolute atomic E-state index is 0.0272. The number of aromatic nitrogens is 2. The first-order chi connectivity index (χ1) is 15.5. The van der Waals surface area contributed by atoms with Gasteiger partial charge in [0.25, 0.3) is 5.91 Å². The van der Waals surface area contributed by atoms with Crippen molar-refractivity contribution in [3.8, 4) is 5.75 Å². The van der Waals surface area contributed by atoms with E-state index in [2.05, 4.69) is 4.98 Å². The van der Waals surface area contributed by atoms with E-state index < -0.39 is 11.3 Å². The Morgan fingerprint density at radius 2 is 1.66 bits per heavy atom. The number of rotatable bonds is 4. The molecule has 5 rings (SSSR count). The zero-order valence-corrected chi connectivity index (χ0v) is 18.4. The summed E-state index contributed by atoms with van der Waals surface area (Å²) in [7, 11) is 0. The van der Waals surface area contributed by atoms with Crippen LogP contribution in [0.1, 0.15) is 47.6 Å². The van der Waals surface area contributed by atoms with Crippen molar-refractivity contribution in [2.24, 2.45) is 0 Å². The highest BCUT2D eigenvalue weighted by atomic mass is 35.5. The van der Waals surface area contributed by atoms with Crippen LogP contribution in [0.15, 0.2) is 59.4 Å². The average molecular weight is 450 g/mol. The van der Waals surface area contributed by atoms with Crippen molar-refractivity contribution in [1.82, 2.24) is 9.55 Å². The van der Waals surface area contributed by atoms with Crippen LogP contribution in [0.5, 0.6) is 5.75 Å². The fraction of sp³-hybridized carbons (Fsp3) is 0.320. The van der Waals surface area contributed by atoms with Crippen LogP contribution in [0.3, 0.4) is 0 Å². The summed E-state index contributed by atoms with van der Waals surface area (Å²) in [5, 5.41) is 11.2. The molecule has 1 amide bonds. The molecule has 7 heteroatoms. The monoisotopic (exact) mass is 449 g/mol. The highest BCUT2D eigenvalue weighted by Gasteiger charge is 2.39. The van der Waals surface area contributed by atoms with Crippen LogP contribution in [0, 0.1) is 0 Å². The van der Waals surface area contributed by atoms with Crippen molar-refractivity contribution < 1.29 is 9.90 Å². The van der Waals surface area contributed by atoms with E-state index in [4.69, 9.17) is 11.6 Å². The second kappa shape index (κ2) is 8.10. The summed E-state index contributed by atoms with van der Waals surface area (Å²) in [6, 6.07) is 17.2. The summed E-state index contributed by atoms with van der Waals surface area (Å²) < 4.78 is 1.74. The van der Waals surface area contributed by atoms with Crippen molar-refractivity contribution in [2.45, 2.75) is 44.1 Å². The summed E-state index contributed by atoms with van der Waals surface area (Å²) in [4.78, 5) is 31.8. The highest BCUT2D eigenvalue weighted by Crippen LogP contribution is 2.44. The standard InChI is InChI=1S/C25H24ClN3O3/c26-18-10-8-17(9-11-18)25(12-4-5-13-25)16-20-27-23(31)22(30)21-24(32)28(14-15-29(20)21)19-6-2-1-3-7-19/h1-3,6-11,30H,4-5,12-16H2. The van der Waals surface area contributed by atoms with Gasteiger partial charge < -0.3 is 14.6 Å². The largest absolute Gasteiger partial charge is 0.501 e. The maximum Gasteiger partial charge on any atom is 0.315 e. The molecule has 2 heterocycles. The zero-order chi connectivity index (χ0) is 22.3. The summed E-state index contributed by atoms with van der Waals surface area (Å²) >= 11 is 6.11. The molecule has 164 valence electrons. The van der Waals surface area contributed by atoms with Crippen molar-refractivity contribution >= 4 is 23.2 Å². The van der Waals surface area contributed by atoms with Gasteiger partial charge in [-0.15, -0.1) is 0 Å².